The highest BCUT2D eigenvalue weighted by Crippen LogP contribution is 2.21. The van der Waals surface area contributed by atoms with E-state index < -0.39 is 6.10 Å². The average molecular weight is 347 g/mol. The molecule has 3 aromatic carbocycles. The van der Waals surface area contributed by atoms with Gasteiger partial charge in [0.1, 0.15) is 25.0 Å². The molecule has 0 saturated heterocycles. The van der Waals surface area contributed by atoms with Gasteiger partial charge in [0.25, 0.3) is 5.82 Å². The first-order valence-electron chi connectivity index (χ1n) is 8.87. The lowest BCUT2D eigenvalue weighted by molar-refractivity contribution is -0.652. The summed E-state index contributed by atoms with van der Waals surface area (Å²) in [4.78, 5) is 0. The van der Waals surface area contributed by atoms with E-state index in [0.29, 0.717) is 6.54 Å². The van der Waals surface area contributed by atoms with E-state index in [1.165, 1.54) is 5.39 Å². The summed E-state index contributed by atoms with van der Waals surface area (Å²) >= 11 is 0. The number of rotatable bonds is 5. The zero-order chi connectivity index (χ0) is 18.1. The van der Waals surface area contributed by atoms with Gasteiger partial charge in [-0.2, -0.15) is 0 Å². The van der Waals surface area contributed by atoms with E-state index in [1.807, 2.05) is 49.5 Å². The predicted octanol–water partition coefficient (Wildman–Crippen LogP) is 3.37. The van der Waals surface area contributed by atoms with Crippen LogP contribution in [0.5, 0.6) is 5.75 Å². The topological polar surface area (TPSA) is 38.3 Å². The monoisotopic (exact) mass is 347 g/mol. The fraction of sp³-hybridized carbons (Fsp3) is 0.227. The van der Waals surface area contributed by atoms with Crippen LogP contribution in [-0.2, 0) is 13.6 Å². The summed E-state index contributed by atoms with van der Waals surface area (Å²) in [6.07, 6.45) is -0.587. The lowest BCUT2D eigenvalue weighted by Gasteiger charge is -2.12. The highest BCUT2D eigenvalue weighted by Gasteiger charge is 2.21. The minimum atomic E-state index is -0.587. The first-order valence-corrected chi connectivity index (χ1v) is 8.87. The molecule has 0 aliphatic heterocycles. The molecular formula is C22H23N2O2+. The normalized spacial score (nSPS) is 12.6. The Labute approximate surface area is 152 Å². The van der Waals surface area contributed by atoms with Crippen LogP contribution in [0.1, 0.15) is 5.82 Å². The van der Waals surface area contributed by atoms with Crippen molar-refractivity contribution in [3.63, 3.8) is 0 Å². The molecule has 132 valence electrons. The summed E-state index contributed by atoms with van der Waals surface area (Å²) in [5.74, 6) is 1.89. The molecule has 1 unspecified atom stereocenters. The van der Waals surface area contributed by atoms with Crippen molar-refractivity contribution < 1.29 is 14.4 Å². The van der Waals surface area contributed by atoms with Crippen LogP contribution in [0.2, 0.25) is 0 Å². The number of fused-ring (bicyclic) bond motifs is 2. The molecule has 1 aromatic heterocycles. The summed E-state index contributed by atoms with van der Waals surface area (Å²) in [5.41, 5.74) is 2.28. The summed E-state index contributed by atoms with van der Waals surface area (Å²) in [7, 11) is 2.05. The van der Waals surface area contributed by atoms with Gasteiger partial charge in [-0.25, -0.2) is 9.13 Å². The van der Waals surface area contributed by atoms with Crippen LogP contribution in [0, 0.1) is 6.92 Å². The molecule has 0 amide bonds. The second-order valence-electron chi connectivity index (χ2n) is 6.68. The van der Waals surface area contributed by atoms with Gasteiger partial charge in [0, 0.05) is 6.92 Å². The molecule has 0 fully saturated rings. The molecule has 0 radical (unpaired) electrons. The standard InChI is InChI=1S/C22H23N2O2/c1-16-23(2)21-9-5-6-10-22(21)24(16)14-19(25)15-26-20-12-11-17-7-3-4-8-18(17)13-20/h3-13,19,25H,14-15H2,1-2H3/q+1. The van der Waals surface area contributed by atoms with Gasteiger partial charge in [0.05, 0.1) is 7.05 Å². The number of hydrogen-bond acceptors (Lipinski definition) is 2. The molecule has 4 heteroatoms. The van der Waals surface area contributed by atoms with Gasteiger partial charge in [-0.3, -0.25) is 0 Å². The van der Waals surface area contributed by atoms with Crippen LogP contribution in [0.15, 0.2) is 66.7 Å². The second kappa shape index (κ2) is 6.81. The third-order valence-electron chi connectivity index (χ3n) is 4.97. The Kier molecular flexibility index (Phi) is 4.35. The predicted molar refractivity (Wildman–Crippen MR) is 103 cm³/mol. The Morgan fingerprint density at radius 2 is 1.73 bits per heavy atom. The second-order valence-corrected chi connectivity index (χ2v) is 6.68. The molecule has 0 aliphatic carbocycles. The van der Waals surface area contributed by atoms with E-state index in [2.05, 4.69) is 40.3 Å². The molecule has 0 spiro atoms. The van der Waals surface area contributed by atoms with Crippen LogP contribution in [-0.4, -0.2) is 22.4 Å². The largest absolute Gasteiger partial charge is 0.491 e. The SMILES string of the molecule is Cc1n(CC(O)COc2ccc3ccccc3c2)c2ccccc2[n+]1C. The summed E-state index contributed by atoms with van der Waals surface area (Å²) < 4.78 is 10.1. The van der Waals surface area contributed by atoms with Crippen molar-refractivity contribution in [3.8, 4) is 5.75 Å². The maximum absolute atomic E-state index is 10.5. The summed E-state index contributed by atoms with van der Waals surface area (Å²) in [6.45, 7) is 2.83. The molecule has 4 rings (SSSR count). The summed E-state index contributed by atoms with van der Waals surface area (Å²) in [6, 6.07) is 22.4. The van der Waals surface area contributed by atoms with Crippen molar-refractivity contribution in [1.82, 2.24) is 4.57 Å². The third-order valence-corrected chi connectivity index (χ3v) is 4.97. The molecule has 26 heavy (non-hydrogen) atoms. The smallest absolute Gasteiger partial charge is 0.254 e. The van der Waals surface area contributed by atoms with Gasteiger partial charge >= 0.3 is 0 Å². The number of aliphatic hydroxyl groups is 1. The number of aryl methyl sites for hydroxylation is 1. The van der Waals surface area contributed by atoms with E-state index in [-0.39, 0.29) is 6.61 Å². The van der Waals surface area contributed by atoms with Crippen molar-refractivity contribution in [2.45, 2.75) is 19.6 Å². The molecule has 0 saturated carbocycles. The van der Waals surface area contributed by atoms with Crippen molar-refractivity contribution in [1.29, 1.82) is 0 Å². The maximum atomic E-state index is 10.5. The summed E-state index contributed by atoms with van der Waals surface area (Å²) in [5, 5.41) is 12.8. The Morgan fingerprint density at radius 1 is 1.00 bits per heavy atom. The van der Waals surface area contributed by atoms with Crippen LogP contribution in [0.3, 0.4) is 0 Å². The Bertz CT molecular complexity index is 1070. The Morgan fingerprint density at radius 3 is 2.58 bits per heavy atom. The Hall–Kier alpha value is -2.85. The van der Waals surface area contributed by atoms with E-state index in [0.717, 1.165) is 28.0 Å². The molecular weight excluding hydrogens is 324 g/mol. The molecule has 1 N–H and O–H groups in total. The minimum Gasteiger partial charge on any atom is -0.491 e. The number of aromatic nitrogens is 2. The van der Waals surface area contributed by atoms with E-state index in [4.69, 9.17) is 4.74 Å². The van der Waals surface area contributed by atoms with Crippen LogP contribution in [0.4, 0.5) is 0 Å². The van der Waals surface area contributed by atoms with Crippen molar-refractivity contribution >= 4 is 21.8 Å². The maximum Gasteiger partial charge on any atom is 0.254 e. The first-order chi connectivity index (χ1) is 12.6. The van der Waals surface area contributed by atoms with Crippen molar-refractivity contribution in [2.24, 2.45) is 7.05 Å². The number of para-hydroxylation sites is 2. The fourth-order valence-electron chi connectivity index (χ4n) is 3.45. The van der Waals surface area contributed by atoms with Crippen LogP contribution >= 0.6 is 0 Å². The number of nitrogens with zero attached hydrogens (tertiary/aromatic N) is 2. The van der Waals surface area contributed by atoms with Gasteiger partial charge in [0.15, 0.2) is 11.0 Å². The number of ether oxygens (including phenoxy) is 1. The third kappa shape index (κ3) is 3.04. The van der Waals surface area contributed by atoms with E-state index in [9.17, 15) is 5.11 Å². The van der Waals surface area contributed by atoms with Crippen LogP contribution in [0.25, 0.3) is 21.8 Å². The fourth-order valence-corrected chi connectivity index (χ4v) is 3.45. The molecule has 1 atom stereocenters. The molecule has 1 heterocycles. The van der Waals surface area contributed by atoms with Crippen molar-refractivity contribution in [3.05, 3.63) is 72.6 Å². The van der Waals surface area contributed by atoms with Gasteiger partial charge in [-0.1, -0.05) is 42.5 Å². The van der Waals surface area contributed by atoms with Crippen LogP contribution < -0.4 is 9.30 Å². The van der Waals surface area contributed by atoms with Gasteiger partial charge in [0.2, 0.25) is 0 Å². The van der Waals surface area contributed by atoms with Gasteiger partial charge < -0.3 is 9.84 Å². The quantitative estimate of drug-likeness (QED) is 0.562. The number of aliphatic hydroxyl groups excluding tert-OH is 1. The minimum absolute atomic E-state index is 0.258. The zero-order valence-electron chi connectivity index (χ0n) is 15.1. The average Bonchev–Trinajstić information content (AvgIpc) is 2.91. The van der Waals surface area contributed by atoms with Gasteiger partial charge in [-0.15, -0.1) is 0 Å². The van der Waals surface area contributed by atoms with Gasteiger partial charge in [-0.05, 0) is 35.0 Å². The highest BCUT2D eigenvalue weighted by atomic mass is 16.5. The molecule has 0 aliphatic rings. The zero-order valence-corrected chi connectivity index (χ0v) is 15.1. The van der Waals surface area contributed by atoms with E-state index >= 15 is 0 Å². The molecule has 0 bridgehead atoms. The molecule has 4 aromatic rings. The lowest BCUT2D eigenvalue weighted by atomic mass is 10.1. The van der Waals surface area contributed by atoms with Crippen molar-refractivity contribution in [2.75, 3.05) is 6.61 Å². The number of imidazole rings is 1. The lowest BCUT2D eigenvalue weighted by Crippen LogP contribution is -2.32. The highest BCUT2D eigenvalue weighted by molar-refractivity contribution is 5.83. The number of benzene rings is 3. The van der Waals surface area contributed by atoms with E-state index in [1.54, 1.807) is 0 Å². The first kappa shape index (κ1) is 16.6. The Balaban J connectivity index is 1.49. The molecule has 4 nitrogen and oxygen atoms in total. The number of hydrogen-bond donors (Lipinski definition) is 1.